The summed E-state index contributed by atoms with van der Waals surface area (Å²) in [5.41, 5.74) is 5.31. The van der Waals surface area contributed by atoms with Gasteiger partial charge in [-0.3, -0.25) is 12.2 Å². The van der Waals surface area contributed by atoms with Crippen molar-refractivity contribution >= 4 is 0 Å². The summed E-state index contributed by atoms with van der Waals surface area (Å²) >= 11 is 0. The molecule has 0 aliphatic heterocycles. The van der Waals surface area contributed by atoms with Gasteiger partial charge in [0.15, 0.2) is 0 Å². The molecule has 2 aromatic rings. The number of hydrogen-bond acceptors (Lipinski definition) is 0. The van der Waals surface area contributed by atoms with Crippen LogP contribution >= 0.6 is 0 Å². The minimum Gasteiger partial charge on any atom is -1.00 e. The van der Waals surface area contributed by atoms with E-state index in [1.165, 1.54) is 48.0 Å². The van der Waals surface area contributed by atoms with Gasteiger partial charge in [0.05, 0.1) is 0 Å². The van der Waals surface area contributed by atoms with Crippen LogP contribution in [-0.4, -0.2) is 0 Å². The van der Waals surface area contributed by atoms with Gasteiger partial charge in [0, 0.05) is 0 Å². The molecule has 0 heterocycles. The molecule has 0 N–H and O–H groups in total. The zero-order valence-corrected chi connectivity index (χ0v) is 26.3. The molecule has 0 aromatic heterocycles. The molecular formula is C33H41Cl2Zr-3. The van der Waals surface area contributed by atoms with E-state index >= 15 is 0 Å². The van der Waals surface area contributed by atoms with Crippen LogP contribution in [0.25, 0.3) is 0 Å². The Morgan fingerprint density at radius 2 is 1.03 bits per heavy atom. The number of allylic oxidation sites excluding steroid dienone is 8. The van der Waals surface area contributed by atoms with E-state index in [4.69, 9.17) is 0 Å². The fraction of sp³-hybridized carbons (Fsp3) is 0.364. The molecule has 0 saturated carbocycles. The smallest absolute Gasteiger partial charge is 1.00 e. The second kappa shape index (κ2) is 22.9. The van der Waals surface area contributed by atoms with E-state index in [0.29, 0.717) is 0 Å². The Labute approximate surface area is 253 Å². The summed E-state index contributed by atoms with van der Waals surface area (Å²) in [5.74, 6) is 1.65. The molecule has 0 bridgehead atoms. The van der Waals surface area contributed by atoms with Gasteiger partial charge in [-0.25, -0.2) is 23.3 Å². The van der Waals surface area contributed by atoms with Gasteiger partial charge in [-0.1, -0.05) is 89.8 Å². The number of hydrogen-bond donors (Lipinski definition) is 0. The first-order valence-electron chi connectivity index (χ1n) is 12.6. The predicted octanol–water partition coefficient (Wildman–Crippen LogP) is 3.52. The molecule has 4 rings (SSSR count). The molecule has 2 unspecified atom stereocenters. The van der Waals surface area contributed by atoms with Crippen LogP contribution in [0.4, 0.5) is 0 Å². The minimum absolute atomic E-state index is 0. The Bertz CT molecular complexity index is 822. The molecule has 36 heavy (non-hydrogen) atoms. The molecule has 0 saturated heterocycles. The maximum Gasteiger partial charge on any atom is 2.00 e. The zero-order chi connectivity index (χ0) is 23.7. The Morgan fingerprint density at radius 1 is 0.667 bits per heavy atom. The summed E-state index contributed by atoms with van der Waals surface area (Å²) in [6.45, 7) is 9.06. The predicted molar refractivity (Wildman–Crippen MR) is 145 cm³/mol. The molecule has 3 heteroatoms. The second-order valence-electron chi connectivity index (χ2n) is 9.02. The van der Waals surface area contributed by atoms with Crippen molar-refractivity contribution in [1.82, 2.24) is 0 Å². The number of rotatable bonds is 8. The van der Waals surface area contributed by atoms with E-state index < -0.39 is 0 Å². The van der Waals surface area contributed by atoms with Gasteiger partial charge in [-0.15, -0.1) is 54.7 Å². The van der Waals surface area contributed by atoms with E-state index in [0.717, 1.165) is 24.7 Å². The van der Waals surface area contributed by atoms with E-state index in [2.05, 4.69) is 119 Å². The normalized spacial score (nSPS) is 14.1. The van der Waals surface area contributed by atoms with Crippen LogP contribution in [0.2, 0.25) is 0 Å². The third-order valence-corrected chi connectivity index (χ3v) is 6.00. The van der Waals surface area contributed by atoms with Gasteiger partial charge in [0.2, 0.25) is 0 Å². The van der Waals surface area contributed by atoms with Gasteiger partial charge >= 0.3 is 26.2 Å². The third-order valence-electron chi connectivity index (χ3n) is 6.00. The van der Waals surface area contributed by atoms with Crippen molar-refractivity contribution in [2.24, 2.45) is 11.8 Å². The van der Waals surface area contributed by atoms with Gasteiger partial charge in [-0.2, -0.15) is 12.2 Å². The number of benzene rings is 2. The average molecular weight is 600 g/mol. The minimum atomic E-state index is 0. The van der Waals surface area contributed by atoms with E-state index in [1.807, 2.05) is 12.1 Å². The molecular weight excluding hydrogens is 558 g/mol. The van der Waals surface area contributed by atoms with Crippen LogP contribution in [0.1, 0.15) is 77.3 Å². The van der Waals surface area contributed by atoms with Gasteiger partial charge in [0.1, 0.15) is 0 Å². The topological polar surface area (TPSA) is 0 Å². The maximum absolute atomic E-state index is 3.33. The molecule has 0 amide bonds. The molecule has 2 aliphatic carbocycles. The van der Waals surface area contributed by atoms with Crippen LogP contribution < -0.4 is 24.8 Å². The van der Waals surface area contributed by atoms with Crippen molar-refractivity contribution in [3.8, 4) is 0 Å². The largest absolute Gasteiger partial charge is 2.00 e. The summed E-state index contributed by atoms with van der Waals surface area (Å²) in [6.07, 6.45) is 24.6. The first-order chi connectivity index (χ1) is 16.1. The fourth-order valence-electron chi connectivity index (χ4n) is 3.51. The Balaban J connectivity index is 0. The molecule has 0 spiro atoms. The molecule has 2 atom stereocenters. The summed E-state index contributed by atoms with van der Waals surface area (Å²) in [4.78, 5) is 0. The summed E-state index contributed by atoms with van der Waals surface area (Å²) in [6, 6.07) is 20.7. The molecule has 2 aliphatic rings. The van der Waals surface area contributed by atoms with Crippen LogP contribution in [0.5, 0.6) is 0 Å². The Morgan fingerprint density at radius 3 is 1.31 bits per heavy atom. The molecule has 0 nitrogen and oxygen atoms in total. The third kappa shape index (κ3) is 16.5. The van der Waals surface area contributed by atoms with Gasteiger partial charge < -0.3 is 24.8 Å². The van der Waals surface area contributed by atoms with E-state index in [1.54, 1.807) is 0 Å². The maximum atomic E-state index is 3.33. The number of halogens is 2. The first-order valence-corrected chi connectivity index (χ1v) is 12.6. The molecule has 194 valence electrons. The van der Waals surface area contributed by atoms with Crippen LogP contribution in [-0.2, 0) is 26.2 Å². The summed E-state index contributed by atoms with van der Waals surface area (Å²) < 4.78 is 0. The zero-order valence-electron chi connectivity index (χ0n) is 22.3. The Kier molecular flexibility index (Phi) is 23.5. The van der Waals surface area contributed by atoms with Gasteiger partial charge in [0.25, 0.3) is 0 Å². The SMILES string of the molecule is CCC(C)CC1=[C-]CC=C1.CCC(C)CC1=[C-]CC=C1.[Cl-].[Cl-].[Zr+2].c1ccc([CH-]c2ccccc2)cc1. The van der Waals surface area contributed by atoms with Crippen molar-refractivity contribution in [3.63, 3.8) is 0 Å². The van der Waals surface area contributed by atoms with Gasteiger partial charge in [-0.05, 0) is 11.8 Å². The summed E-state index contributed by atoms with van der Waals surface area (Å²) in [7, 11) is 0. The second-order valence-corrected chi connectivity index (χ2v) is 9.02. The van der Waals surface area contributed by atoms with Crippen molar-refractivity contribution < 1.29 is 51.0 Å². The molecule has 0 fully saturated rings. The average Bonchev–Trinajstić information content (AvgIpc) is 3.56. The van der Waals surface area contributed by atoms with Crippen LogP contribution in [0.3, 0.4) is 0 Å². The first kappa shape index (κ1) is 36.9. The summed E-state index contributed by atoms with van der Waals surface area (Å²) in [5, 5.41) is 0. The van der Waals surface area contributed by atoms with Crippen LogP contribution in [0, 0.1) is 30.4 Å². The van der Waals surface area contributed by atoms with Crippen molar-refractivity contribution in [2.75, 3.05) is 0 Å². The van der Waals surface area contributed by atoms with Crippen molar-refractivity contribution in [1.29, 1.82) is 0 Å². The van der Waals surface area contributed by atoms with E-state index in [9.17, 15) is 0 Å². The van der Waals surface area contributed by atoms with Crippen molar-refractivity contribution in [2.45, 2.75) is 66.2 Å². The van der Waals surface area contributed by atoms with E-state index in [-0.39, 0.29) is 51.0 Å². The van der Waals surface area contributed by atoms with Crippen LogP contribution in [0.15, 0.2) is 96.1 Å². The Hall–Kier alpha value is -1.27. The molecule has 2 aromatic carbocycles. The monoisotopic (exact) mass is 597 g/mol. The van der Waals surface area contributed by atoms with Crippen molar-refractivity contribution in [3.05, 3.63) is 126 Å². The fourth-order valence-corrected chi connectivity index (χ4v) is 3.51. The standard InChI is InChI=1S/C13H11.2C10H15.2ClH.Zr/c1-3-7-12(8-4-1)11-13-9-5-2-6-10-13;2*1-3-9(2)8-10-6-4-5-7-10;;;/h1-11H;2*4,6,9H,3,5,8H2,1-2H3;2*1H;/q3*-1;;;+2/p-2. The quantitative estimate of drug-likeness (QED) is 0.408. The molecule has 0 radical (unpaired) electrons.